The third-order valence-electron chi connectivity index (χ3n) is 6.65. The van der Waals surface area contributed by atoms with Crippen LogP contribution in [0.1, 0.15) is 71.5 Å². The number of aromatic nitrogens is 1. The Morgan fingerprint density at radius 3 is 2.53 bits per heavy atom. The van der Waals surface area contributed by atoms with Gasteiger partial charge in [-0.15, -0.1) is 11.3 Å². The summed E-state index contributed by atoms with van der Waals surface area (Å²) in [5, 5.41) is 24.4. The number of aryl methyl sites for hydroxylation is 1. The summed E-state index contributed by atoms with van der Waals surface area (Å²) in [4.78, 5) is 30.4. The van der Waals surface area contributed by atoms with E-state index in [1.807, 2.05) is 57.4 Å². The van der Waals surface area contributed by atoms with Gasteiger partial charge in [0.05, 0.1) is 34.7 Å². The van der Waals surface area contributed by atoms with E-state index in [0.717, 1.165) is 21.8 Å². The Labute approximate surface area is 207 Å². The van der Waals surface area contributed by atoms with Crippen LogP contribution in [0, 0.1) is 24.2 Å². The summed E-state index contributed by atoms with van der Waals surface area (Å²) in [6, 6.07) is 0. The van der Waals surface area contributed by atoms with Crippen LogP contribution in [-0.2, 0) is 14.3 Å². The van der Waals surface area contributed by atoms with Crippen LogP contribution in [0.25, 0.3) is 6.08 Å². The highest BCUT2D eigenvalue weighted by molar-refractivity contribution is 7.09. The van der Waals surface area contributed by atoms with E-state index in [1.165, 1.54) is 0 Å². The number of carbonyl (C=O) groups is 2. The molecule has 5 atom stereocenters. The minimum atomic E-state index is -1.23. The van der Waals surface area contributed by atoms with Crippen molar-refractivity contribution in [3.05, 3.63) is 45.5 Å². The number of thiazole rings is 1. The molecule has 2 N–H and O–H groups in total. The molecule has 4 unspecified atom stereocenters. The van der Waals surface area contributed by atoms with Gasteiger partial charge in [-0.25, -0.2) is 4.98 Å². The SMILES string of the molecule is C/C1=C/CC(/C(C)=C/c2csc(C)n2)OC(=O)CC(O)C(C)(C)C(=O)[C@H](C)C(O)C(C)/C=C/C1. The Hall–Kier alpha value is -2.09. The highest BCUT2D eigenvalue weighted by atomic mass is 32.1. The fraction of sp³-hybridized carbons (Fsp3) is 0.593. The zero-order chi connectivity index (χ0) is 25.6. The van der Waals surface area contributed by atoms with Crippen LogP contribution in [0.3, 0.4) is 0 Å². The average molecular weight is 490 g/mol. The van der Waals surface area contributed by atoms with Gasteiger partial charge in [-0.3, -0.25) is 9.59 Å². The standard InChI is InChI=1S/C27H39NO5S/c1-16-9-8-10-17(2)25(31)19(4)26(32)27(6,7)23(29)14-24(30)33-22(12-11-16)18(3)13-21-15-34-20(5)28-21/h8,10-11,13,15,17,19,22-23,25,29,31H,9,12,14H2,1-7H3/b10-8+,16-11-,18-13+/t17?,19-,22?,23?,25?/m1/s1. The number of hydrogen-bond acceptors (Lipinski definition) is 7. The van der Waals surface area contributed by atoms with Crippen LogP contribution < -0.4 is 0 Å². The number of nitrogens with zero attached hydrogens (tertiary/aromatic N) is 1. The zero-order valence-electron chi connectivity index (χ0n) is 21.4. The van der Waals surface area contributed by atoms with Gasteiger partial charge < -0.3 is 14.9 Å². The number of aliphatic hydroxyl groups is 2. The first kappa shape index (κ1) is 28.1. The summed E-state index contributed by atoms with van der Waals surface area (Å²) < 4.78 is 5.79. The van der Waals surface area contributed by atoms with Crippen molar-refractivity contribution in [3.63, 3.8) is 0 Å². The van der Waals surface area contributed by atoms with Gasteiger partial charge in [-0.05, 0) is 38.8 Å². The average Bonchev–Trinajstić information content (AvgIpc) is 3.18. The third kappa shape index (κ3) is 7.45. The number of ether oxygens (including phenoxy) is 1. The van der Waals surface area contributed by atoms with Crippen LogP contribution in [0.5, 0.6) is 0 Å². The topological polar surface area (TPSA) is 96.7 Å². The molecule has 2 rings (SSSR count). The first-order chi connectivity index (χ1) is 15.8. The summed E-state index contributed by atoms with van der Waals surface area (Å²) in [7, 11) is 0. The lowest BCUT2D eigenvalue weighted by molar-refractivity contribution is -0.154. The Balaban J connectivity index is 2.37. The number of cyclic esters (lactones) is 1. The van der Waals surface area contributed by atoms with Gasteiger partial charge in [0.1, 0.15) is 11.9 Å². The normalized spacial score (nSPS) is 32.6. The number of Topliss-reactive ketones (excluding diaryl/α,β-unsaturated/α-hetero) is 1. The van der Waals surface area contributed by atoms with E-state index in [9.17, 15) is 19.8 Å². The Morgan fingerprint density at radius 1 is 1.24 bits per heavy atom. The van der Waals surface area contributed by atoms with Gasteiger partial charge in [-0.2, -0.15) is 0 Å². The lowest BCUT2D eigenvalue weighted by Crippen LogP contribution is -2.45. The number of aliphatic hydroxyl groups excluding tert-OH is 2. The predicted molar refractivity (Wildman–Crippen MR) is 136 cm³/mol. The molecule has 0 bridgehead atoms. The molecule has 1 aromatic rings. The second-order valence-corrected chi connectivity index (χ2v) is 11.1. The molecule has 2 heterocycles. The lowest BCUT2D eigenvalue weighted by atomic mass is 9.73. The summed E-state index contributed by atoms with van der Waals surface area (Å²) >= 11 is 1.56. The van der Waals surface area contributed by atoms with Gasteiger partial charge in [0.25, 0.3) is 0 Å². The summed E-state index contributed by atoms with van der Waals surface area (Å²) in [6.07, 6.45) is 6.13. The van der Waals surface area contributed by atoms with Crippen LogP contribution in [0.4, 0.5) is 0 Å². The number of allylic oxidation sites excluding steroid dienone is 2. The quantitative estimate of drug-likeness (QED) is 0.446. The van der Waals surface area contributed by atoms with Crippen molar-refractivity contribution >= 4 is 29.2 Å². The second kappa shape index (κ2) is 12.0. The molecular weight excluding hydrogens is 450 g/mol. The molecule has 1 aliphatic heterocycles. The molecule has 7 heteroatoms. The van der Waals surface area contributed by atoms with E-state index in [1.54, 1.807) is 32.1 Å². The Kier molecular flexibility index (Phi) is 9.97. The third-order valence-corrected chi connectivity index (χ3v) is 7.44. The molecule has 0 saturated carbocycles. The van der Waals surface area contributed by atoms with Crippen molar-refractivity contribution in [1.29, 1.82) is 0 Å². The van der Waals surface area contributed by atoms with E-state index in [-0.39, 0.29) is 18.1 Å². The molecule has 0 fully saturated rings. The first-order valence-corrected chi connectivity index (χ1v) is 12.7. The van der Waals surface area contributed by atoms with Crippen molar-refractivity contribution in [3.8, 4) is 0 Å². The number of ketones is 1. The molecule has 6 nitrogen and oxygen atoms in total. The van der Waals surface area contributed by atoms with Gasteiger partial charge in [0.2, 0.25) is 0 Å². The monoisotopic (exact) mass is 489 g/mol. The zero-order valence-corrected chi connectivity index (χ0v) is 22.2. The van der Waals surface area contributed by atoms with E-state index in [2.05, 4.69) is 4.98 Å². The highest BCUT2D eigenvalue weighted by Crippen LogP contribution is 2.31. The van der Waals surface area contributed by atoms with Gasteiger partial charge >= 0.3 is 5.97 Å². The minimum Gasteiger partial charge on any atom is -0.457 e. The summed E-state index contributed by atoms with van der Waals surface area (Å²) in [6.45, 7) is 12.6. The number of rotatable bonds is 2. The number of hydrogen-bond donors (Lipinski definition) is 2. The molecule has 34 heavy (non-hydrogen) atoms. The van der Waals surface area contributed by atoms with E-state index < -0.39 is 35.6 Å². The Morgan fingerprint density at radius 2 is 1.91 bits per heavy atom. The number of carbonyl (C=O) groups excluding carboxylic acids is 2. The lowest BCUT2D eigenvalue weighted by Gasteiger charge is -2.34. The van der Waals surface area contributed by atoms with Crippen molar-refractivity contribution in [2.45, 2.75) is 86.0 Å². The maximum absolute atomic E-state index is 13.1. The van der Waals surface area contributed by atoms with Gasteiger partial charge in [0.15, 0.2) is 0 Å². The predicted octanol–water partition coefficient (Wildman–Crippen LogP) is 5.04. The van der Waals surface area contributed by atoms with Crippen LogP contribution >= 0.6 is 11.3 Å². The molecule has 0 spiro atoms. The van der Waals surface area contributed by atoms with Crippen molar-refractivity contribution in [2.75, 3.05) is 0 Å². The molecule has 188 valence electrons. The summed E-state index contributed by atoms with van der Waals surface area (Å²) in [5.74, 6) is -1.77. The fourth-order valence-electron chi connectivity index (χ4n) is 4.05. The highest BCUT2D eigenvalue weighted by Gasteiger charge is 2.42. The van der Waals surface area contributed by atoms with Crippen LogP contribution in [-0.4, -0.2) is 45.3 Å². The molecule has 1 aliphatic rings. The number of esters is 1. The molecule has 0 aromatic carbocycles. The fourth-order valence-corrected chi connectivity index (χ4v) is 4.62. The van der Waals surface area contributed by atoms with E-state index in [4.69, 9.17) is 4.74 Å². The van der Waals surface area contributed by atoms with Crippen molar-refractivity contribution in [1.82, 2.24) is 4.98 Å². The minimum absolute atomic E-state index is 0.225. The maximum atomic E-state index is 13.1. The van der Waals surface area contributed by atoms with Crippen LogP contribution in [0.15, 0.2) is 34.8 Å². The Bertz CT molecular complexity index is 958. The maximum Gasteiger partial charge on any atom is 0.309 e. The summed E-state index contributed by atoms with van der Waals surface area (Å²) in [5.41, 5.74) is 1.57. The van der Waals surface area contributed by atoms with Crippen molar-refractivity contribution in [2.24, 2.45) is 17.3 Å². The second-order valence-electron chi connectivity index (χ2n) is 10.0. The van der Waals surface area contributed by atoms with E-state index in [0.29, 0.717) is 12.8 Å². The van der Waals surface area contributed by atoms with Crippen molar-refractivity contribution < 1.29 is 24.5 Å². The molecule has 1 aromatic heterocycles. The smallest absolute Gasteiger partial charge is 0.309 e. The largest absolute Gasteiger partial charge is 0.457 e. The van der Waals surface area contributed by atoms with Gasteiger partial charge in [0, 0.05) is 23.6 Å². The molecule has 0 amide bonds. The molecular formula is C27H39NO5S. The molecule has 0 aliphatic carbocycles. The molecule has 0 radical (unpaired) electrons. The first-order valence-electron chi connectivity index (χ1n) is 11.9. The van der Waals surface area contributed by atoms with Gasteiger partial charge in [-0.1, -0.05) is 51.5 Å². The van der Waals surface area contributed by atoms with Crippen LogP contribution in [0.2, 0.25) is 0 Å². The molecule has 0 saturated heterocycles. The van der Waals surface area contributed by atoms with E-state index >= 15 is 0 Å².